The lowest BCUT2D eigenvalue weighted by molar-refractivity contribution is -0.296. The van der Waals surface area contributed by atoms with Crippen molar-refractivity contribution in [1.82, 2.24) is 9.38 Å². The summed E-state index contributed by atoms with van der Waals surface area (Å²) in [6.45, 7) is 0. The van der Waals surface area contributed by atoms with Crippen LogP contribution in [0.2, 0.25) is 5.15 Å². The number of aliphatic carboxylic acids is 1. The van der Waals surface area contributed by atoms with E-state index >= 15 is 0 Å². The van der Waals surface area contributed by atoms with Crippen molar-refractivity contribution in [3.05, 3.63) is 22.4 Å². The largest absolute Gasteiger partial charge is 0.541 e. The molecule has 14 heavy (non-hydrogen) atoms. The summed E-state index contributed by atoms with van der Waals surface area (Å²) in [6.07, 6.45) is 1.52. The molecule has 0 aliphatic heterocycles. The van der Waals surface area contributed by atoms with Crippen LogP contribution >= 0.6 is 22.9 Å². The minimum absolute atomic E-state index is 0.119. The zero-order chi connectivity index (χ0) is 10.3. The molecule has 0 atom stereocenters. The summed E-state index contributed by atoms with van der Waals surface area (Å²) in [5.74, 6) is -2.96. The molecule has 2 aromatic heterocycles. The van der Waals surface area contributed by atoms with E-state index in [-0.39, 0.29) is 10.8 Å². The van der Waals surface area contributed by atoms with Crippen molar-refractivity contribution in [3.8, 4) is 0 Å². The van der Waals surface area contributed by atoms with Crippen LogP contribution in [0.1, 0.15) is 10.5 Å². The molecule has 7 heteroatoms. The summed E-state index contributed by atoms with van der Waals surface area (Å²) in [6, 6.07) is 0. The van der Waals surface area contributed by atoms with Crippen molar-refractivity contribution in [2.75, 3.05) is 0 Å². The Morgan fingerprint density at radius 1 is 1.57 bits per heavy atom. The van der Waals surface area contributed by atoms with Gasteiger partial charge < -0.3 is 9.90 Å². The molecule has 0 bridgehead atoms. The SMILES string of the molecule is O=C([O-])C(=O)c1c(Cl)nc2sccn12. The monoisotopic (exact) mass is 229 g/mol. The number of hydrogen-bond donors (Lipinski definition) is 0. The van der Waals surface area contributed by atoms with Gasteiger partial charge in [-0.3, -0.25) is 9.20 Å². The summed E-state index contributed by atoms with van der Waals surface area (Å²) in [7, 11) is 0. The van der Waals surface area contributed by atoms with Gasteiger partial charge in [-0.25, -0.2) is 4.98 Å². The van der Waals surface area contributed by atoms with E-state index in [1.165, 1.54) is 21.9 Å². The summed E-state index contributed by atoms with van der Waals surface area (Å²) in [5.41, 5.74) is -0.164. The van der Waals surface area contributed by atoms with Crippen LogP contribution in [-0.2, 0) is 4.79 Å². The Hall–Kier alpha value is -1.40. The maximum atomic E-state index is 11.1. The van der Waals surface area contributed by atoms with Crippen LogP contribution in [0.5, 0.6) is 0 Å². The Morgan fingerprint density at radius 3 is 2.93 bits per heavy atom. The third kappa shape index (κ3) is 1.19. The van der Waals surface area contributed by atoms with Gasteiger partial charge in [0.25, 0.3) is 0 Å². The minimum atomic E-state index is -1.79. The van der Waals surface area contributed by atoms with E-state index in [0.717, 1.165) is 0 Å². The van der Waals surface area contributed by atoms with E-state index in [4.69, 9.17) is 11.6 Å². The fraction of sp³-hybridized carbons (Fsp3) is 0. The second-order valence-corrected chi connectivity index (χ2v) is 3.65. The smallest absolute Gasteiger partial charge is 0.228 e. The molecule has 5 nitrogen and oxygen atoms in total. The highest BCUT2D eigenvalue weighted by molar-refractivity contribution is 7.15. The molecule has 0 radical (unpaired) electrons. The molecule has 0 unspecified atom stereocenters. The number of imidazole rings is 1. The topological polar surface area (TPSA) is 74.5 Å². The van der Waals surface area contributed by atoms with Crippen LogP contribution in [0.15, 0.2) is 11.6 Å². The van der Waals surface area contributed by atoms with Crippen LogP contribution < -0.4 is 5.11 Å². The molecule has 0 aliphatic carbocycles. The van der Waals surface area contributed by atoms with Crippen molar-refractivity contribution >= 4 is 39.7 Å². The Morgan fingerprint density at radius 2 is 2.29 bits per heavy atom. The molecule has 2 heterocycles. The first-order valence-corrected chi connectivity index (χ1v) is 4.73. The number of ketones is 1. The summed E-state index contributed by atoms with van der Waals surface area (Å²) >= 11 is 6.86. The number of carbonyl (C=O) groups excluding carboxylic acids is 2. The van der Waals surface area contributed by atoms with Gasteiger partial charge in [0.15, 0.2) is 10.1 Å². The number of carboxylic acid groups (broad SMARTS) is 1. The van der Waals surface area contributed by atoms with Gasteiger partial charge in [0.1, 0.15) is 11.7 Å². The molecule has 2 rings (SSSR count). The van der Waals surface area contributed by atoms with Crippen LogP contribution in [0.4, 0.5) is 0 Å². The predicted octanol–water partition coefficient (Wildman–Crippen LogP) is -0.0182. The number of nitrogens with zero attached hydrogens (tertiary/aromatic N) is 2. The molecule has 0 amide bonds. The van der Waals surface area contributed by atoms with Crippen molar-refractivity contribution in [2.24, 2.45) is 0 Å². The van der Waals surface area contributed by atoms with Gasteiger partial charge in [-0.15, -0.1) is 11.3 Å². The number of carbonyl (C=O) groups is 2. The average molecular weight is 230 g/mol. The molecule has 0 spiro atoms. The Kier molecular flexibility index (Phi) is 2.01. The second kappa shape index (κ2) is 3.07. The van der Waals surface area contributed by atoms with E-state index in [1.54, 1.807) is 5.38 Å². The van der Waals surface area contributed by atoms with Crippen LogP contribution in [0.25, 0.3) is 4.96 Å². The van der Waals surface area contributed by atoms with E-state index in [2.05, 4.69) is 4.98 Å². The number of rotatable bonds is 2. The third-order valence-electron chi connectivity index (χ3n) is 1.62. The first-order valence-electron chi connectivity index (χ1n) is 3.48. The third-order valence-corrected chi connectivity index (χ3v) is 2.64. The number of fused-ring (bicyclic) bond motifs is 1. The van der Waals surface area contributed by atoms with E-state index in [0.29, 0.717) is 4.96 Å². The number of aromatic nitrogens is 2. The van der Waals surface area contributed by atoms with Gasteiger partial charge in [0.05, 0.1) is 0 Å². The van der Waals surface area contributed by atoms with Crippen LogP contribution in [0.3, 0.4) is 0 Å². The molecule has 0 fully saturated rings. The maximum absolute atomic E-state index is 11.1. The summed E-state index contributed by atoms with van der Waals surface area (Å²) in [5, 5.41) is 11.9. The summed E-state index contributed by atoms with van der Waals surface area (Å²) < 4.78 is 1.32. The molecule has 0 saturated carbocycles. The summed E-state index contributed by atoms with van der Waals surface area (Å²) in [4.78, 5) is 25.8. The first kappa shape index (κ1) is 9.17. The number of carboxylic acids is 1. The highest BCUT2D eigenvalue weighted by Gasteiger charge is 2.19. The molecule has 2 aromatic rings. The lowest BCUT2D eigenvalue weighted by Crippen LogP contribution is -2.32. The first-order chi connectivity index (χ1) is 6.61. The van der Waals surface area contributed by atoms with Gasteiger partial charge in [0.2, 0.25) is 5.78 Å². The average Bonchev–Trinajstić information content (AvgIpc) is 2.62. The lowest BCUT2D eigenvalue weighted by atomic mass is 10.3. The normalized spacial score (nSPS) is 10.6. The standard InChI is InChI=1S/C7H3ClN2O3S/c8-5-3(4(11)6(12)13)10-1-2-14-7(10)9-5/h1-2H,(H,12,13)/p-1. The highest BCUT2D eigenvalue weighted by atomic mass is 35.5. The van der Waals surface area contributed by atoms with E-state index in [1.807, 2.05) is 0 Å². The van der Waals surface area contributed by atoms with E-state index < -0.39 is 11.8 Å². The lowest BCUT2D eigenvalue weighted by Gasteiger charge is -1.99. The molecule has 0 N–H and O–H groups in total. The van der Waals surface area contributed by atoms with Crippen LogP contribution in [-0.4, -0.2) is 21.1 Å². The predicted molar refractivity (Wildman–Crippen MR) is 47.4 cm³/mol. The Bertz CT molecular complexity index is 530. The number of Topliss-reactive ketones (excluding diaryl/α,β-unsaturated/α-hetero) is 1. The fourth-order valence-corrected chi connectivity index (χ4v) is 2.08. The van der Waals surface area contributed by atoms with Gasteiger partial charge in [-0.1, -0.05) is 11.6 Å². The number of hydrogen-bond acceptors (Lipinski definition) is 5. The molecule has 72 valence electrons. The molecule has 0 saturated heterocycles. The fourth-order valence-electron chi connectivity index (χ4n) is 1.06. The maximum Gasteiger partial charge on any atom is 0.228 e. The zero-order valence-electron chi connectivity index (χ0n) is 6.56. The second-order valence-electron chi connectivity index (χ2n) is 2.42. The zero-order valence-corrected chi connectivity index (χ0v) is 8.13. The number of halogens is 1. The molecular weight excluding hydrogens is 228 g/mol. The Labute approximate surface area is 86.6 Å². The highest BCUT2D eigenvalue weighted by Crippen LogP contribution is 2.21. The molecule has 0 aromatic carbocycles. The molecular formula is C7H2ClN2O3S-. The van der Waals surface area contributed by atoms with E-state index in [9.17, 15) is 14.7 Å². The minimum Gasteiger partial charge on any atom is -0.541 e. The van der Waals surface area contributed by atoms with Gasteiger partial charge in [0, 0.05) is 11.6 Å². The number of thiazole rings is 1. The van der Waals surface area contributed by atoms with Crippen molar-refractivity contribution in [3.63, 3.8) is 0 Å². The van der Waals surface area contributed by atoms with Gasteiger partial charge in [-0.2, -0.15) is 0 Å². The van der Waals surface area contributed by atoms with Gasteiger partial charge >= 0.3 is 0 Å². The van der Waals surface area contributed by atoms with Gasteiger partial charge in [-0.05, 0) is 0 Å². The quantitative estimate of drug-likeness (QED) is 0.536. The van der Waals surface area contributed by atoms with Crippen LogP contribution in [0, 0.1) is 0 Å². The Balaban J connectivity index is 2.70. The molecule has 0 aliphatic rings. The van der Waals surface area contributed by atoms with Crippen molar-refractivity contribution in [1.29, 1.82) is 0 Å². The van der Waals surface area contributed by atoms with Crippen molar-refractivity contribution in [2.45, 2.75) is 0 Å². The van der Waals surface area contributed by atoms with Crippen molar-refractivity contribution < 1.29 is 14.7 Å².